The number of para-hydroxylation sites is 1. The number of nitrogens with one attached hydrogen (secondary N) is 1. The molecule has 1 heterocycles. The van der Waals surface area contributed by atoms with Gasteiger partial charge in [0.05, 0.1) is 17.6 Å². The lowest BCUT2D eigenvalue weighted by molar-refractivity contribution is -0.114. The number of benzene rings is 2. The summed E-state index contributed by atoms with van der Waals surface area (Å²) in [4.78, 5) is 12.4. The van der Waals surface area contributed by atoms with Gasteiger partial charge < -0.3 is 5.32 Å². The molecule has 1 N–H and O–H groups in total. The maximum Gasteiger partial charge on any atom is 0.245 e. The number of aryl methyl sites for hydroxylation is 1. The van der Waals surface area contributed by atoms with E-state index >= 15 is 0 Å². The Morgan fingerprint density at radius 2 is 1.85 bits per heavy atom. The second-order valence-corrected chi connectivity index (χ2v) is 7.81. The number of amides is 1. The smallest absolute Gasteiger partial charge is 0.245 e. The summed E-state index contributed by atoms with van der Waals surface area (Å²) in [6, 6.07) is 13.9. The molecule has 1 aromatic heterocycles. The minimum Gasteiger partial charge on any atom is -0.325 e. The van der Waals surface area contributed by atoms with Crippen molar-refractivity contribution in [3.63, 3.8) is 0 Å². The zero-order valence-electron chi connectivity index (χ0n) is 14.8. The van der Waals surface area contributed by atoms with Gasteiger partial charge in [0.15, 0.2) is 0 Å². The topological polar surface area (TPSA) is 110 Å². The quantitative estimate of drug-likeness (QED) is 0.685. The zero-order valence-corrected chi connectivity index (χ0v) is 15.6. The Labute approximate surface area is 156 Å². The summed E-state index contributed by atoms with van der Waals surface area (Å²) in [5.41, 5.74) is 2.51. The number of sulfonamides is 1. The van der Waals surface area contributed by atoms with Crippen LogP contribution in [0.15, 0.2) is 54.9 Å². The molecule has 10 heteroatoms. The van der Waals surface area contributed by atoms with Crippen LogP contribution in [0.25, 0.3) is 5.69 Å². The van der Waals surface area contributed by atoms with Gasteiger partial charge in [0.1, 0.15) is 12.9 Å². The maximum atomic E-state index is 12.4. The number of rotatable bonds is 6. The van der Waals surface area contributed by atoms with Crippen LogP contribution in [0.1, 0.15) is 5.56 Å². The molecule has 3 rings (SSSR count). The van der Waals surface area contributed by atoms with Crippen molar-refractivity contribution in [1.29, 1.82) is 0 Å². The molecule has 3 aromatic rings. The fourth-order valence-corrected chi connectivity index (χ4v) is 3.45. The molecule has 0 aliphatic carbocycles. The maximum absolute atomic E-state index is 12.4. The largest absolute Gasteiger partial charge is 0.325 e. The first kappa shape index (κ1) is 18.5. The number of hydrogen-bond donors (Lipinski definition) is 1. The van der Waals surface area contributed by atoms with E-state index in [1.165, 1.54) is 11.0 Å². The molecule has 0 bridgehead atoms. The van der Waals surface area contributed by atoms with Crippen molar-refractivity contribution >= 4 is 27.3 Å². The number of tetrazole rings is 1. The molecule has 2 aromatic carbocycles. The predicted molar refractivity (Wildman–Crippen MR) is 101 cm³/mol. The molecule has 27 heavy (non-hydrogen) atoms. The van der Waals surface area contributed by atoms with E-state index in [2.05, 4.69) is 20.8 Å². The summed E-state index contributed by atoms with van der Waals surface area (Å²) in [5.74, 6) is -0.446. The third-order valence-corrected chi connectivity index (χ3v) is 4.96. The van der Waals surface area contributed by atoms with E-state index in [0.717, 1.165) is 21.8 Å². The van der Waals surface area contributed by atoms with Crippen LogP contribution in [-0.2, 0) is 14.8 Å². The fourth-order valence-electron chi connectivity index (χ4n) is 2.53. The van der Waals surface area contributed by atoms with Crippen molar-refractivity contribution in [3.8, 4) is 5.69 Å². The molecule has 0 spiro atoms. The third kappa shape index (κ3) is 4.47. The van der Waals surface area contributed by atoms with E-state index in [0.29, 0.717) is 11.4 Å². The highest BCUT2D eigenvalue weighted by Crippen LogP contribution is 2.22. The van der Waals surface area contributed by atoms with Crippen molar-refractivity contribution in [2.24, 2.45) is 0 Å². The zero-order chi connectivity index (χ0) is 19.4. The molecule has 0 aliphatic heterocycles. The molecule has 9 nitrogen and oxygen atoms in total. The second-order valence-electron chi connectivity index (χ2n) is 5.91. The summed E-state index contributed by atoms with van der Waals surface area (Å²) < 4.78 is 26.9. The summed E-state index contributed by atoms with van der Waals surface area (Å²) >= 11 is 0. The van der Waals surface area contributed by atoms with Crippen LogP contribution >= 0.6 is 0 Å². The molecule has 140 valence electrons. The van der Waals surface area contributed by atoms with Gasteiger partial charge in [-0.25, -0.2) is 13.1 Å². The molecular weight excluding hydrogens is 368 g/mol. The number of anilines is 2. The molecule has 0 radical (unpaired) electrons. The number of hydrogen-bond acceptors (Lipinski definition) is 6. The lowest BCUT2D eigenvalue weighted by atomic mass is 10.2. The Kier molecular flexibility index (Phi) is 5.17. The Morgan fingerprint density at radius 1 is 1.15 bits per heavy atom. The van der Waals surface area contributed by atoms with Crippen LogP contribution in [0.2, 0.25) is 0 Å². The first-order valence-electron chi connectivity index (χ1n) is 8.01. The molecule has 0 atom stereocenters. The van der Waals surface area contributed by atoms with Gasteiger partial charge in [0, 0.05) is 5.69 Å². The molecular formula is C17H18N6O3S. The monoisotopic (exact) mass is 386 g/mol. The van der Waals surface area contributed by atoms with E-state index in [4.69, 9.17) is 0 Å². The molecule has 0 fully saturated rings. The van der Waals surface area contributed by atoms with E-state index in [-0.39, 0.29) is 6.54 Å². The van der Waals surface area contributed by atoms with E-state index in [1.807, 2.05) is 6.07 Å². The van der Waals surface area contributed by atoms with E-state index in [9.17, 15) is 13.2 Å². The third-order valence-electron chi connectivity index (χ3n) is 3.84. The van der Waals surface area contributed by atoms with Gasteiger partial charge in [0.25, 0.3) is 0 Å². The van der Waals surface area contributed by atoms with E-state index in [1.54, 1.807) is 49.4 Å². The molecule has 0 aliphatic rings. The van der Waals surface area contributed by atoms with Crippen LogP contribution < -0.4 is 9.62 Å². The Bertz CT molecular complexity index is 1030. The SMILES string of the molecule is Cc1ccccc1N(CC(=O)Nc1ccc(-n2cnnn2)cc1)S(C)(=O)=O. The first-order valence-corrected chi connectivity index (χ1v) is 9.86. The molecule has 0 saturated carbocycles. The van der Waals surface area contributed by atoms with Gasteiger partial charge >= 0.3 is 0 Å². The van der Waals surface area contributed by atoms with Gasteiger partial charge in [0.2, 0.25) is 15.9 Å². The highest BCUT2D eigenvalue weighted by atomic mass is 32.2. The van der Waals surface area contributed by atoms with Crippen molar-refractivity contribution in [1.82, 2.24) is 20.2 Å². The lowest BCUT2D eigenvalue weighted by Gasteiger charge is -2.23. The lowest BCUT2D eigenvalue weighted by Crippen LogP contribution is -2.37. The van der Waals surface area contributed by atoms with Crippen LogP contribution in [0.5, 0.6) is 0 Å². The summed E-state index contributed by atoms with van der Waals surface area (Å²) in [5, 5.41) is 13.6. The number of carbonyl (C=O) groups is 1. The van der Waals surface area contributed by atoms with Crippen molar-refractivity contribution < 1.29 is 13.2 Å². The average Bonchev–Trinajstić information content (AvgIpc) is 3.15. The van der Waals surface area contributed by atoms with Crippen LogP contribution in [0, 0.1) is 6.92 Å². The van der Waals surface area contributed by atoms with Crippen molar-refractivity contribution in [3.05, 3.63) is 60.4 Å². The van der Waals surface area contributed by atoms with Gasteiger partial charge in [-0.05, 0) is 53.2 Å². The molecule has 0 unspecified atom stereocenters. The Morgan fingerprint density at radius 3 is 2.44 bits per heavy atom. The Balaban J connectivity index is 1.74. The van der Waals surface area contributed by atoms with Gasteiger partial charge in [-0.2, -0.15) is 0 Å². The fraction of sp³-hybridized carbons (Fsp3) is 0.176. The van der Waals surface area contributed by atoms with Crippen LogP contribution in [0.3, 0.4) is 0 Å². The highest BCUT2D eigenvalue weighted by molar-refractivity contribution is 7.92. The highest BCUT2D eigenvalue weighted by Gasteiger charge is 2.22. The molecule has 1 amide bonds. The second kappa shape index (κ2) is 7.54. The van der Waals surface area contributed by atoms with Crippen LogP contribution in [0.4, 0.5) is 11.4 Å². The molecule has 0 saturated heterocycles. The van der Waals surface area contributed by atoms with Crippen molar-refractivity contribution in [2.45, 2.75) is 6.92 Å². The minimum absolute atomic E-state index is 0.321. The number of nitrogens with zero attached hydrogens (tertiary/aromatic N) is 5. The van der Waals surface area contributed by atoms with Gasteiger partial charge in [-0.3, -0.25) is 9.10 Å². The van der Waals surface area contributed by atoms with E-state index < -0.39 is 15.9 Å². The number of aromatic nitrogens is 4. The number of carbonyl (C=O) groups excluding carboxylic acids is 1. The standard InChI is InChI=1S/C17H18N6O3S/c1-13-5-3-4-6-16(13)23(27(2,25)26)11-17(24)19-14-7-9-15(10-8-14)22-12-18-20-21-22/h3-10,12H,11H2,1-2H3,(H,19,24). The summed E-state index contributed by atoms with van der Waals surface area (Å²) in [6.45, 7) is 1.47. The first-order chi connectivity index (χ1) is 12.8. The van der Waals surface area contributed by atoms with Gasteiger partial charge in [-0.15, -0.1) is 5.10 Å². The summed E-state index contributed by atoms with van der Waals surface area (Å²) in [6.07, 6.45) is 2.54. The predicted octanol–water partition coefficient (Wildman–Crippen LogP) is 1.38. The van der Waals surface area contributed by atoms with Crippen LogP contribution in [-0.4, -0.2) is 47.3 Å². The van der Waals surface area contributed by atoms with Crippen molar-refractivity contribution in [2.75, 3.05) is 22.4 Å². The minimum atomic E-state index is -3.62. The normalized spacial score (nSPS) is 11.2. The van der Waals surface area contributed by atoms with Gasteiger partial charge in [-0.1, -0.05) is 18.2 Å². The average molecular weight is 386 g/mol. The Hall–Kier alpha value is -3.27. The summed E-state index contributed by atoms with van der Waals surface area (Å²) in [7, 11) is -3.62.